The highest BCUT2D eigenvalue weighted by Crippen LogP contribution is 2.15. The summed E-state index contributed by atoms with van der Waals surface area (Å²) >= 11 is 2.00. The normalized spacial score (nSPS) is 26.4. The Labute approximate surface area is 90.8 Å². The van der Waals surface area contributed by atoms with Crippen molar-refractivity contribution in [3.63, 3.8) is 0 Å². The Morgan fingerprint density at radius 1 is 1.64 bits per heavy atom. The maximum Gasteiger partial charge on any atom is 0.0900 e. The first kappa shape index (κ1) is 12.3. The molecule has 1 fully saturated rings. The van der Waals surface area contributed by atoms with E-state index >= 15 is 0 Å². The summed E-state index contributed by atoms with van der Waals surface area (Å²) in [5.74, 6) is 2.37. The molecular weight excluding hydrogens is 198 g/mol. The zero-order valence-electron chi connectivity index (χ0n) is 9.11. The predicted octanol–water partition coefficient (Wildman–Crippen LogP) is 0.821. The van der Waals surface area contributed by atoms with E-state index in [1.807, 2.05) is 18.7 Å². The van der Waals surface area contributed by atoms with E-state index in [1.54, 1.807) is 0 Å². The predicted molar refractivity (Wildman–Crippen MR) is 60.9 cm³/mol. The fourth-order valence-electron chi connectivity index (χ4n) is 1.61. The first-order chi connectivity index (χ1) is 6.74. The molecule has 1 aliphatic rings. The molecule has 14 heavy (non-hydrogen) atoms. The quantitative estimate of drug-likeness (QED) is 0.742. The van der Waals surface area contributed by atoms with E-state index in [2.05, 4.69) is 11.8 Å². The number of nitrogens with zero attached hydrogens (tertiary/aromatic N) is 1. The summed E-state index contributed by atoms with van der Waals surface area (Å²) in [6, 6.07) is 0.588. The fraction of sp³-hybridized carbons (Fsp3) is 1.00. The zero-order chi connectivity index (χ0) is 10.4. The van der Waals surface area contributed by atoms with Crippen LogP contribution in [0.2, 0.25) is 0 Å². The van der Waals surface area contributed by atoms with E-state index in [0.29, 0.717) is 19.3 Å². The number of rotatable bonds is 5. The lowest BCUT2D eigenvalue weighted by atomic mass is 10.2. The highest BCUT2D eigenvalue weighted by molar-refractivity contribution is 7.99. The van der Waals surface area contributed by atoms with Crippen LogP contribution < -0.4 is 0 Å². The molecule has 2 unspecified atom stereocenters. The van der Waals surface area contributed by atoms with Crippen LogP contribution in [0.5, 0.6) is 0 Å². The maximum absolute atomic E-state index is 9.68. The second kappa shape index (κ2) is 6.67. The van der Waals surface area contributed by atoms with Crippen LogP contribution in [-0.4, -0.2) is 60.0 Å². The van der Waals surface area contributed by atoms with Gasteiger partial charge in [0.25, 0.3) is 0 Å². The van der Waals surface area contributed by atoms with Crippen LogP contribution in [0, 0.1) is 0 Å². The van der Waals surface area contributed by atoms with Crippen molar-refractivity contribution in [1.29, 1.82) is 0 Å². The van der Waals surface area contributed by atoms with Gasteiger partial charge in [-0.1, -0.05) is 0 Å². The molecule has 0 aromatic carbocycles. The van der Waals surface area contributed by atoms with E-state index < -0.39 is 0 Å². The topological polar surface area (TPSA) is 32.7 Å². The standard InChI is InChI=1S/C10H21NO2S/c1-3-13-7-10(12)6-11-4-5-14-8-9(11)2/h9-10,12H,3-8H2,1-2H3. The van der Waals surface area contributed by atoms with Gasteiger partial charge in [0, 0.05) is 37.2 Å². The summed E-state index contributed by atoms with van der Waals surface area (Å²) in [5, 5.41) is 9.68. The number of β-amino-alcohol motifs (C(OH)–C–C–N with tert-alkyl or cyclic N) is 1. The van der Waals surface area contributed by atoms with Gasteiger partial charge in [-0.2, -0.15) is 11.8 Å². The molecule has 0 saturated carbocycles. The number of hydrogen-bond donors (Lipinski definition) is 1. The number of hydrogen-bond acceptors (Lipinski definition) is 4. The van der Waals surface area contributed by atoms with Crippen LogP contribution in [0.4, 0.5) is 0 Å². The SMILES string of the molecule is CCOCC(O)CN1CCSCC1C. The van der Waals surface area contributed by atoms with Crippen LogP contribution in [0.25, 0.3) is 0 Å². The van der Waals surface area contributed by atoms with E-state index in [1.165, 1.54) is 11.5 Å². The third-order valence-electron chi connectivity index (χ3n) is 2.46. The lowest BCUT2D eigenvalue weighted by molar-refractivity contribution is 0.0164. The summed E-state index contributed by atoms with van der Waals surface area (Å²) in [7, 11) is 0. The van der Waals surface area contributed by atoms with Gasteiger partial charge >= 0.3 is 0 Å². The molecule has 3 nitrogen and oxygen atoms in total. The first-order valence-corrected chi connectivity index (χ1v) is 6.47. The fourth-order valence-corrected chi connectivity index (χ4v) is 2.69. The van der Waals surface area contributed by atoms with Crippen LogP contribution >= 0.6 is 11.8 Å². The zero-order valence-corrected chi connectivity index (χ0v) is 9.92. The second-order valence-electron chi connectivity index (χ2n) is 3.73. The molecule has 84 valence electrons. The van der Waals surface area contributed by atoms with Gasteiger partial charge in [-0.15, -0.1) is 0 Å². The Bertz CT molecular complexity index is 157. The number of aliphatic hydroxyl groups excluding tert-OH is 1. The third-order valence-corrected chi connectivity index (χ3v) is 3.65. The summed E-state index contributed by atoms with van der Waals surface area (Å²) in [6.45, 7) is 7.17. The maximum atomic E-state index is 9.68. The van der Waals surface area contributed by atoms with Gasteiger partial charge in [0.2, 0.25) is 0 Å². The second-order valence-corrected chi connectivity index (χ2v) is 4.88. The number of aliphatic hydroxyl groups is 1. The molecule has 1 aliphatic heterocycles. The van der Waals surface area contributed by atoms with Crippen molar-refractivity contribution < 1.29 is 9.84 Å². The van der Waals surface area contributed by atoms with Gasteiger partial charge in [-0.3, -0.25) is 4.90 Å². The van der Waals surface area contributed by atoms with Crippen LogP contribution in [0.1, 0.15) is 13.8 Å². The average Bonchev–Trinajstić information content (AvgIpc) is 2.18. The van der Waals surface area contributed by atoms with Crippen molar-refractivity contribution in [1.82, 2.24) is 4.90 Å². The molecular formula is C10H21NO2S. The van der Waals surface area contributed by atoms with Gasteiger partial charge in [-0.25, -0.2) is 0 Å². The summed E-state index contributed by atoms with van der Waals surface area (Å²) in [5.41, 5.74) is 0. The Kier molecular flexibility index (Phi) is 5.86. The molecule has 0 bridgehead atoms. The molecule has 0 aliphatic carbocycles. The first-order valence-electron chi connectivity index (χ1n) is 5.31. The molecule has 2 atom stereocenters. The summed E-state index contributed by atoms with van der Waals surface area (Å²) < 4.78 is 5.19. The van der Waals surface area contributed by atoms with Crippen LogP contribution in [0.3, 0.4) is 0 Å². The number of thioether (sulfide) groups is 1. The molecule has 0 radical (unpaired) electrons. The smallest absolute Gasteiger partial charge is 0.0900 e. The Balaban J connectivity index is 2.20. The van der Waals surface area contributed by atoms with Crippen molar-refractivity contribution in [3.05, 3.63) is 0 Å². The van der Waals surface area contributed by atoms with Gasteiger partial charge < -0.3 is 9.84 Å². The molecule has 1 N–H and O–H groups in total. The minimum atomic E-state index is -0.333. The average molecular weight is 219 g/mol. The Hall–Kier alpha value is 0.230. The molecule has 0 aromatic rings. The monoisotopic (exact) mass is 219 g/mol. The van der Waals surface area contributed by atoms with Crippen molar-refractivity contribution >= 4 is 11.8 Å². The molecule has 1 rings (SSSR count). The molecule has 4 heteroatoms. The molecule has 0 amide bonds. The van der Waals surface area contributed by atoms with E-state index in [0.717, 1.165) is 13.1 Å². The summed E-state index contributed by atoms with van der Waals surface area (Å²) in [4.78, 5) is 2.35. The molecule has 0 spiro atoms. The lowest BCUT2D eigenvalue weighted by Gasteiger charge is -2.34. The van der Waals surface area contributed by atoms with Crippen LogP contribution in [0.15, 0.2) is 0 Å². The van der Waals surface area contributed by atoms with E-state index in [-0.39, 0.29) is 6.10 Å². The van der Waals surface area contributed by atoms with Crippen molar-refractivity contribution in [2.75, 3.05) is 37.8 Å². The van der Waals surface area contributed by atoms with Gasteiger partial charge in [0.15, 0.2) is 0 Å². The van der Waals surface area contributed by atoms with Crippen molar-refractivity contribution in [3.8, 4) is 0 Å². The Morgan fingerprint density at radius 2 is 2.43 bits per heavy atom. The Morgan fingerprint density at radius 3 is 3.07 bits per heavy atom. The molecule has 1 saturated heterocycles. The third kappa shape index (κ3) is 4.17. The van der Waals surface area contributed by atoms with Crippen molar-refractivity contribution in [2.45, 2.75) is 26.0 Å². The highest BCUT2D eigenvalue weighted by atomic mass is 32.2. The number of ether oxygens (including phenoxy) is 1. The molecule has 1 heterocycles. The largest absolute Gasteiger partial charge is 0.389 e. The minimum Gasteiger partial charge on any atom is -0.389 e. The van der Waals surface area contributed by atoms with Crippen LogP contribution in [-0.2, 0) is 4.74 Å². The van der Waals surface area contributed by atoms with Gasteiger partial charge in [-0.05, 0) is 13.8 Å². The van der Waals surface area contributed by atoms with E-state index in [9.17, 15) is 5.11 Å². The van der Waals surface area contributed by atoms with Gasteiger partial charge in [0.05, 0.1) is 12.7 Å². The highest BCUT2D eigenvalue weighted by Gasteiger charge is 2.20. The lowest BCUT2D eigenvalue weighted by Crippen LogP contribution is -2.45. The van der Waals surface area contributed by atoms with Gasteiger partial charge in [0.1, 0.15) is 0 Å². The van der Waals surface area contributed by atoms with E-state index in [4.69, 9.17) is 4.74 Å². The summed E-state index contributed by atoms with van der Waals surface area (Å²) in [6.07, 6.45) is -0.333. The van der Waals surface area contributed by atoms with Crippen molar-refractivity contribution in [2.24, 2.45) is 0 Å². The minimum absolute atomic E-state index is 0.333. The molecule has 0 aromatic heterocycles.